The first-order chi connectivity index (χ1) is 17.5. The molecule has 37 heavy (non-hydrogen) atoms. The first-order valence-corrected chi connectivity index (χ1v) is 15.5. The maximum atomic E-state index is 12.1. The lowest BCUT2D eigenvalue weighted by Crippen LogP contribution is -2.60. The van der Waals surface area contributed by atoms with Crippen LogP contribution in [0.25, 0.3) is 0 Å². The van der Waals surface area contributed by atoms with Crippen molar-refractivity contribution in [2.24, 2.45) is 50.7 Å². The summed E-state index contributed by atoms with van der Waals surface area (Å²) >= 11 is 0. The van der Waals surface area contributed by atoms with E-state index in [1.54, 1.807) is 0 Å². The number of aliphatic hydroxyl groups is 2. The number of ether oxygens (including phenoxy) is 3. The highest BCUT2D eigenvalue weighted by atomic mass is 16.7. The molecule has 13 atom stereocenters. The van der Waals surface area contributed by atoms with E-state index < -0.39 is 6.10 Å². The van der Waals surface area contributed by atoms with Crippen LogP contribution < -0.4 is 5.32 Å². The van der Waals surface area contributed by atoms with Crippen LogP contribution in [0.2, 0.25) is 0 Å². The number of aliphatic hydroxyl groups excluding tert-OH is 2. The van der Waals surface area contributed by atoms with Crippen LogP contribution in [0.1, 0.15) is 86.0 Å². The van der Waals surface area contributed by atoms with Crippen LogP contribution in [0.15, 0.2) is 0 Å². The predicted molar refractivity (Wildman–Crippen MR) is 141 cm³/mol. The Labute approximate surface area is 223 Å². The van der Waals surface area contributed by atoms with Gasteiger partial charge in [0.2, 0.25) is 0 Å². The van der Waals surface area contributed by atoms with E-state index >= 15 is 0 Å². The minimum Gasteiger partial charge on any atom is -0.394 e. The van der Waals surface area contributed by atoms with Crippen LogP contribution >= 0.6 is 0 Å². The molecule has 5 aliphatic carbocycles. The van der Waals surface area contributed by atoms with Gasteiger partial charge in [-0.2, -0.15) is 0 Å². The van der Waals surface area contributed by atoms with Crippen molar-refractivity contribution in [2.75, 3.05) is 26.3 Å². The van der Waals surface area contributed by atoms with E-state index in [1.165, 1.54) is 38.5 Å². The molecule has 10 unspecified atom stereocenters. The van der Waals surface area contributed by atoms with Crippen LogP contribution in [-0.2, 0) is 14.2 Å². The average molecular weight is 518 g/mol. The molecule has 7 fully saturated rings. The van der Waals surface area contributed by atoms with Gasteiger partial charge in [-0.3, -0.25) is 0 Å². The summed E-state index contributed by atoms with van der Waals surface area (Å²) in [7, 11) is 0. The monoisotopic (exact) mass is 517 g/mol. The molecule has 0 radical (unpaired) electrons. The Morgan fingerprint density at radius 2 is 1.76 bits per heavy atom. The Morgan fingerprint density at radius 3 is 2.49 bits per heavy atom. The van der Waals surface area contributed by atoms with Gasteiger partial charge in [0.25, 0.3) is 0 Å². The fourth-order valence-corrected chi connectivity index (χ4v) is 12.6. The van der Waals surface area contributed by atoms with Crippen LogP contribution in [0, 0.1) is 50.7 Å². The van der Waals surface area contributed by atoms with Crippen LogP contribution in [0.3, 0.4) is 0 Å². The van der Waals surface area contributed by atoms with E-state index in [2.05, 4.69) is 39.9 Å². The molecule has 7 rings (SSSR count). The van der Waals surface area contributed by atoms with Crippen LogP contribution in [0.4, 0.5) is 0 Å². The summed E-state index contributed by atoms with van der Waals surface area (Å²) in [5.41, 5.74) is 0.854. The Bertz CT molecular complexity index is 921. The van der Waals surface area contributed by atoms with E-state index in [0.29, 0.717) is 34.5 Å². The van der Waals surface area contributed by atoms with E-state index in [1.807, 2.05) is 0 Å². The normalized spacial score (nSPS) is 59.9. The second kappa shape index (κ2) is 8.16. The molecule has 2 heterocycles. The van der Waals surface area contributed by atoms with Crippen molar-refractivity contribution in [3.63, 3.8) is 0 Å². The van der Waals surface area contributed by atoms with Gasteiger partial charge in [0, 0.05) is 18.5 Å². The molecule has 0 amide bonds. The van der Waals surface area contributed by atoms with Gasteiger partial charge < -0.3 is 29.7 Å². The van der Waals surface area contributed by atoms with Crippen molar-refractivity contribution in [3.05, 3.63) is 0 Å². The number of rotatable bonds is 3. The van der Waals surface area contributed by atoms with E-state index in [4.69, 9.17) is 14.2 Å². The van der Waals surface area contributed by atoms with Crippen molar-refractivity contribution in [1.29, 1.82) is 0 Å². The summed E-state index contributed by atoms with van der Waals surface area (Å²) in [6.45, 7) is 14.8. The molecule has 210 valence electrons. The van der Waals surface area contributed by atoms with E-state index in [0.717, 1.165) is 32.5 Å². The molecule has 6 nitrogen and oxygen atoms in total. The summed E-state index contributed by atoms with van der Waals surface area (Å²) in [6.07, 6.45) is 9.02. The number of hydrogen-bond acceptors (Lipinski definition) is 6. The highest BCUT2D eigenvalue weighted by Gasteiger charge is 2.84. The van der Waals surface area contributed by atoms with Gasteiger partial charge >= 0.3 is 0 Å². The van der Waals surface area contributed by atoms with Gasteiger partial charge in [-0.05, 0) is 96.7 Å². The fourth-order valence-electron chi connectivity index (χ4n) is 12.6. The number of fused-ring (bicyclic) bond motifs is 4. The molecule has 0 bridgehead atoms. The third-order valence-electron chi connectivity index (χ3n) is 14.2. The smallest absolute Gasteiger partial charge is 0.170 e. The van der Waals surface area contributed by atoms with Gasteiger partial charge in [0.1, 0.15) is 0 Å². The summed E-state index contributed by atoms with van der Waals surface area (Å²) in [4.78, 5) is 0. The minimum atomic E-state index is -0.445. The van der Waals surface area contributed by atoms with Crippen molar-refractivity contribution >= 4 is 0 Å². The average Bonchev–Trinajstić information content (AvgIpc) is 3.51. The second-order valence-electron chi connectivity index (χ2n) is 15.4. The molecule has 2 saturated heterocycles. The standard InChI is InChI=1S/C31H51NO5/c1-18-14-19(16-33)36-25-24(18)28(4)10-11-31-17-30(31)9-8-22(37-23-15-32-12-13-35-23)27(2,3)20(30)6-7-21(31)29(28,5)26(25)34/h18-26,32-34H,6-17H2,1-5H3/t18-,19?,20?,21?,22?,23?,24?,25?,26+,28?,29-,30?,31?/m1/s1. The first kappa shape index (κ1) is 25.7. The Morgan fingerprint density at radius 1 is 1.00 bits per heavy atom. The molecular weight excluding hydrogens is 466 g/mol. The fraction of sp³-hybridized carbons (Fsp3) is 1.00. The van der Waals surface area contributed by atoms with Crippen molar-refractivity contribution in [2.45, 2.75) is 117 Å². The molecule has 5 saturated carbocycles. The third-order valence-corrected chi connectivity index (χ3v) is 14.2. The Kier molecular flexibility index (Phi) is 5.67. The maximum Gasteiger partial charge on any atom is 0.170 e. The highest BCUT2D eigenvalue weighted by molar-refractivity contribution is 5.32. The van der Waals surface area contributed by atoms with E-state index in [-0.39, 0.29) is 47.5 Å². The molecule has 6 heteroatoms. The Balaban J connectivity index is 1.18. The summed E-state index contributed by atoms with van der Waals surface area (Å²) in [5, 5.41) is 25.5. The van der Waals surface area contributed by atoms with Gasteiger partial charge in [-0.15, -0.1) is 0 Å². The molecule has 2 aliphatic heterocycles. The summed E-state index contributed by atoms with van der Waals surface area (Å²) in [6, 6.07) is 0. The second-order valence-corrected chi connectivity index (χ2v) is 15.4. The molecule has 0 aromatic rings. The molecular formula is C31H51NO5. The predicted octanol–water partition coefficient (Wildman–Crippen LogP) is 4.12. The minimum absolute atomic E-state index is 0.0617. The first-order valence-electron chi connectivity index (χ1n) is 15.5. The number of hydrogen-bond donors (Lipinski definition) is 3. The lowest BCUT2D eigenvalue weighted by Gasteiger charge is -2.63. The molecule has 7 aliphatic rings. The third kappa shape index (κ3) is 3.04. The number of nitrogens with one attached hydrogen (secondary N) is 1. The molecule has 2 spiro atoms. The van der Waals surface area contributed by atoms with Gasteiger partial charge in [-0.25, -0.2) is 0 Å². The lowest BCUT2D eigenvalue weighted by atomic mass is 9.41. The summed E-state index contributed by atoms with van der Waals surface area (Å²) in [5.74, 6) is 2.08. The zero-order valence-corrected chi connectivity index (χ0v) is 23.8. The van der Waals surface area contributed by atoms with Crippen molar-refractivity contribution in [3.8, 4) is 0 Å². The van der Waals surface area contributed by atoms with Gasteiger partial charge in [0.15, 0.2) is 6.29 Å². The quantitative estimate of drug-likeness (QED) is 0.523. The molecule has 0 aromatic heterocycles. The SMILES string of the molecule is C[C@@H]1CC(CO)OC2C1C1(C)CCC34CC35CCC(OC3CNCCO3)C(C)(C)C5CCC4[C@]1(C)[C@H]2O. The van der Waals surface area contributed by atoms with Crippen molar-refractivity contribution in [1.82, 2.24) is 5.32 Å². The molecule has 0 aromatic carbocycles. The highest BCUT2D eigenvalue weighted by Crippen LogP contribution is 2.89. The van der Waals surface area contributed by atoms with Gasteiger partial charge in [-0.1, -0.05) is 34.6 Å². The maximum absolute atomic E-state index is 12.1. The van der Waals surface area contributed by atoms with Gasteiger partial charge in [0.05, 0.1) is 37.6 Å². The van der Waals surface area contributed by atoms with Crippen LogP contribution in [-0.4, -0.2) is 67.2 Å². The topological polar surface area (TPSA) is 80.2 Å². The Hall–Kier alpha value is -0.240. The number of morpholine rings is 1. The zero-order valence-electron chi connectivity index (χ0n) is 23.8. The zero-order chi connectivity index (χ0) is 26.0. The molecule has 3 N–H and O–H groups in total. The largest absolute Gasteiger partial charge is 0.394 e. The van der Waals surface area contributed by atoms with Crippen molar-refractivity contribution < 1.29 is 24.4 Å². The summed E-state index contributed by atoms with van der Waals surface area (Å²) < 4.78 is 19.1. The van der Waals surface area contributed by atoms with Crippen LogP contribution in [0.5, 0.6) is 0 Å². The van der Waals surface area contributed by atoms with E-state index in [9.17, 15) is 10.2 Å². The lowest BCUT2D eigenvalue weighted by molar-refractivity contribution is -0.237.